The van der Waals surface area contributed by atoms with Crippen molar-refractivity contribution in [2.75, 3.05) is 20.7 Å². The number of carbonyl (C=O) groups is 2. The molecule has 25 heavy (non-hydrogen) atoms. The Morgan fingerprint density at radius 3 is 2.64 bits per heavy atom. The number of rotatable bonds is 6. The quantitative estimate of drug-likeness (QED) is 0.846. The van der Waals surface area contributed by atoms with Crippen LogP contribution in [0.3, 0.4) is 0 Å². The van der Waals surface area contributed by atoms with E-state index in [4.69, 9.17) is 4.74 Å². The summed E-state index contributed by atoms with van der Waals surface area (Å²) in [6.07, 6.45) is 8.77. The molecule has 1 aromatic rings. The predicted molar refractivity (Wildman–Crippen MR) is 92.2 cm³/mol. The van der Waals surface area contributed by atoms with Gasteiger partial charge in [0.15, 0.2) is 0 Å². The molecule has 2 amide bonds. The summed E-state index contributed by atoms with van der Waals surface area (Å²) in [5, 5.41) is 2.99. The van der Waals surface area contributed by atoms with Crippen LogP contribution in [0.5, 0.6) is 5.88 Å². The molecule has 7 heteroatoms. The Hall–Kier alpha value is -2.18. The highest BCUT2D eigenvalue weighted by Gasteiger charge is 2.29. The van der Waals surface area contributed by atoms with Crippen molar-refractivity contribution < 1.29 is 14.3 Å². The molecule has 2 aliphatic carbocycles. The number of hydrogen-bond donors (Lipinski definition) is 1. The van der Waals surface area contributed by atoms with E-state index in [9.17, 15) is 9.59 Å². The van der Waals surface area contributed by atoms with Gasteiger partial charge in [0.1, 0.15) is 5.69 Å². The van der Waals surface area contributed by atoms with Crippen molar-refractivity contribution in [2.24, 2.45) is 11.8 Å². The van der Waals surface area contributed by atoms with Gasteiger partial charge in [0, 0.05) is 26.1 Å². The first-order chi connectivity index (χ1) is 12.0. The lowest BCUT2D eigenvalue weighted by atomic mass is 9.85. The number of hydrogen-bond acceptors (Lipinski definition) is 5. The van der Waals surface area contributed by atoms with Crippen LogP contribution >= 0.6 is 0 Å². The molecule has 136 valence electrons. The summed E-state index contributed by atoms with van der Waals surface area (Å²) in [6, 6.07) is 0.00254. The van der Waals surface area contributed by atoms with Crippen LogP contribution in [-0.2, 0) is 4.79 Å². The Morgan fingerprint density at radius 1 is 1.20 bits per heavy atom. The molecule has 2 atom stereocenters. The average molecular weight is 346 g/mol. The summed E-state index contributed by atoms with van der Waals surface area (Å²) in [5.41, 5.74) is 0.278. The van der Waals surface area contributed by atoms with E-state index in [1.807, 2.05) is 0 Å². The van der Waals surface area contributed by atoms with Crippen molar-refractivity contribution in [1.29, 1.82) is 0 Å². The van der Waals surface area contributed by atoms with Crippen molar-refractivity contribution in [3.05, 3.63) is 18.1 Å². The van der Waals surface area contributed by atoms with Gasteiger partial charge in [0.05, 0.1) is 19.0 Å². The molecular weight excluding hydrogens is 320 g/mol. The summed E-state index contributed by atoms with van der Waals surface area (Å²) < 4.78 is 5.53. The summed E-state index contributed by atoms with van der Waals surface area (Å²) in [7, 11) is 3.54. The Bertz CT molecular complexity index is 613. The minimum absolute atomic E-state index is 0.00254. The lowest BCUT2D eigenvalue weighted by Gasteiger charge is -2.30. The number of carbonyl (C=O) groups excluding carboxylic acids is 2. The van der Waals surface area contributed by atoms with E-state index in [-0.39, 0.29) is 29.5 Å². The Balaban J connectivity index is 1.51. The average Bonchev–Trinajstić information content (AvgIpc) is 3.44. The van der Waals surface area contributed by atoms with Crippen LogP contribution in [0.15, 0.2) is 12.4 Å². The van der Waals surface area contributed by atoms with Crippen LogP contribution in [0.4, 0.5) is 0 Å². The van der Waals surface area contributed by atoms with Gasteiger partial charge in [-0.3, -0.25) is 9.59 Å². The number of nitrogens with zero attached hydrogens (tertiary/aromatic N) is 3. The van der Waals surface area contributed by atoms with Gasteiger partial charge in [-0.1, -0.05) is 6.42 Å². The third-order valence-corrected chi connectivity index (χ3v) is 4.82. The lowest BCUT2D eigenvalue weighted by Crippen LogP contribution is -2.42. The first-order valence-electron chi connectivity index (χ1n) is 9.00. The number of ether oxygens (including phenoxy) is 1. The first kappa shape index (κ1) is 17.6. The zero-order chi connectivity index (χ0) is 17.8. The molecule has 0 saturated heterocycles. The van der Waals surface area contributed by atoms with Crippen molar-refractivity contribution in [2.45, 2.75) is 44.6 Å². The SMILES string of the molecule is CN(C)C(=O)[C@@H]1CCC[C@@H](NC(=O)c2cnc(OCC3CC3)cn2)C1. The molecule has 1 aromatic heterocycles. The fourth-order valence-electron chi connectivity index (χ4n) is 3.17. The summed E-state index contributed by atoms with van der Waals surface area (Å²) in [4.78, 5) is 34.4. The van der Waals surface area contributed by atoms with Crippen molar-refractivity contribution in [3.63, 3.8) is 0 Å². The van der Waals surface area contributed by atoms with Gasteiger partial charge < -0.3 is 15.0 Å². The van der Waals surface area contributed by atoms with E-state index >= 15 is 0 Å². The van der Waals surface area contributed by atoms with Gasteiger partial charge in [-0.2, -0.15) is 0 Å². The second-order valence-electron chi connectivity index (χ2n) is 7.26. The van der Waals surface area contributed by atoms with Crippen molar-refractivity contribution >= 4 is 11.8 Å². The third kappa shape index (κ3) is 4.90. The summed E-state index contributed by atoms with van der Waals surface area (Å²) in [5.74, 6) is 0.977. The monoisotopic (exact) mass is 346 g/mol. The number of aromatic nitrogens is 2. The van der Waals surface area contributed by atoms with E-state index in [1.165, 1.54) is 25.2 Å². The van der Waals surface area contributed by atoms with Gasteiger partial charge in [0.25, 0.3) is 5.91 Å². The van der Waals surface area contributed by atoms with Gasteiger partial charge in [-0.25, -0.2) is 9.97 Å². The van der Waals surface area contributed by atoms with E-state index in [1.54, 1.807) is 19.0 Å². The minimum Gasteiger partial charge on any atom is -0.476 e. The minimum atomic E-state index is -0.246. The van der Waals surface area contributed by atoms with Gasteiger partial charge in [-0.05, 0) is 38.0 Å². The molecular formula is C18H26N4O3. The molecule has 3 rings (SSSR count). The normalized spacial score (nSPS) is 23.0. The molecule has 0 bridgehead atoms. The molecule has 0 aromatic carbocycles. The molecule has 2 saturated carbocycles. The second kappa shape index (κ2) is 7.80. The maximum atomic E-state index is 12.4. The van der Waals surface area contributed by atoms with Crippen LogP contribution < -0.4 is 10.1 Å². The predicted octanol–water partition coefficient (Wildman–Crippen LogP) is 1.64. The van der Waals surface area contributed by atoms with Crippen LogP contribution in [-0.4, -0.2) is 53.4 Å². The molecule has 0 aliphatic heterocycles. The standard InChI is InChI=1S/C18H26N4O3/c1-22(2)18(24)13-4-3-5-14(8-13)21-17(23)15-9-20-16(10-19-15)25-11-12-6-7-12/h9-10,12-14H,3-8,11H2,1-2H3,(H,21,23)/t13-,14-/m1/s1. The van der Waals surface area contributed by atoms with Gasteiger partial charge in [0.2, 0.25) is 11.8 Å². The number of amides is 2. The van der Waals surface area contributed by atoms with E-state index < -0.39 is 0 Å². The second-order valence-corrected chi connectivity index (χ2v) is 7.26. The van der Waals surface area contributed by atoms with E-state index in [0.29, 0.717) is 24.8 Å². The van der Waals surface area contributed by atoms with Crippen molar-refractivity contribution in [1.82, 2.24) is 20.2 Å². The highest BCUT2D eigenvalue weighted by molar-refractivity contribution is 5.92. The molecule has 1 N–H and O–H groups in total. The van der Waals surface area contributed by atoms with Crippen LogP contribution in [0.25, 0.3) is 0 Å². The smallest absolute Gasteiger partial charge is 0.271 e. The Labute approximate surface area is 148 Å². The van der Waals surface area contributed by atoms with Crippen molar-refractivity contribution in [3.8, 4) is 5.88 Å². The fraction of sp³-hybridized carbons (Fsp3) is 0.667. The van der Waals surface area contributed by atoms with Crippen LogP contribution in [0.2, 0.25) is 0 Å². The lowest BCUT2D eigenvalue weighted by molar-refractivity contribution is -0.134. The Kier molecular flexibility index (Phi) is 5.50. The van der Waals surface area contributed by atoms with E-state index in [2.05, 4.69) is 15.3 Å². The summed E-state index contributed by atoms with van der Waals surface area (Å²) >= 11 is 0. The van der Waals surface area contributed by atoms with Crippen LogP contribution in [0.1, 0.15) is 49.0 Å². The van der Waals surface area contributed by atoms with Gasteiger partial charge >= 0.3 is 0 Å². The zero-order valence-corrected chi connectivity index (χ0v) is 14.9. The maximum absolute atomic E-state index is 12.4. The maximum Gasteiger partial charge on any atom is 0.271 e. The zero-order valence-electron chi connectivity index (χ0n) is 14.9. The fourth-order valence-corrected chi connectivity index (χ4v) is 3.17. The molecule has 2 aliphatic rings. The largest absolute Gasteiger partial charge is 0.476 e. The number of nitrogens with one attached hydrogen (secondary N) is 1. The molecule has 0 unspecified atom stereocenters. The molecule has 7 nitrogen and oxygen atoms in total. The van der Waals surface area contributed by atoms with Gasteiger partial charge in [-0.15, -0.1) is 0 Å². The highest BCUT2D eigenvalue weighted by atomic mass is 16.5. The molecule has 2 fully saturated rings. The van der Waals surface area contributed by atoms with E-state index in [0.717, 1.165) is 19.3 Å². The summed E-state index contributed by atoms with van der Waals surface area (Å²) in [6.45, 7) is 0.670. The first-order valence-corrected chi connectivity index (χ1v) is 9.00. The highest BCUT2D eigenvalue weighted by Crippen LogP contribution is 2.29. The third-order valence-electron chi connectivity index (χ3n) is 4.82. The molecule has 0 spiro atoms. The molecule has 1 heterocycles. The van der Waals surface area contributed by atoms with Crippen LogP contribution in [0, 0.1) is 11.8 Å². The molecule has 0 radical (unpaired) electrons. The topological polar surface area (TPSA) is 84.4 Å². The Morgan fingerprint density at radius 2 is 2.00 bits per heavy atom.